The summed E-state index contributed by atoms with van der Waals surface area (Å²) in [4.78, 5) is 51.1. The first-order valence-electron chi connectivity index (χ1n) is 33.4. The lowest BCUT2D eigenvalue weighted by Crippen LogP contribution is -2.18. The minimum Gasteiger partial charge on any atom is -0.296 e. The Labute approximate surface area is 593 Å². The van der Waals surface area contributed by atoms with Gasteiger partial charge in [-0.2, -0.15) is 5.26 Å². The Balaban J connectivity index is 0.000000181. The summed E-state index contributed by atoms with van der Waals surface area (Å²) in [5, 5.41) is 13.5. The zero-order valence-corrected chi connectivity index (χ0v) is 61.2. The van der Waals surface area contributed by atoms with E-state index in [9.17, 15) is 0 Å². The van der Waals surface area contributed by atoms with E-state index < -0.39 is 0 Å². The highest BCUT2D eigenvalue weighted by Gasteiger charge is 2.24. The molecule has 14 aromatic rings. The molecule has 100 heavy (non-hydrogen) atoms. The van der Waals surface area contributed by atoms with E-state index in [0.29, 0.717) is 5.56 Å². The maximum Gasteiger partial charge on any atom is 0.163 e. The minimum atomic E-state index is -0.0583. The van der Waals surface area contributed by atoms with E-state index in [-0.39, 0.29) is 21.7 Å². The van der Waals surface area contributed by atoms with Crippen LogP contribution in [0.25, 0.3) is 49.7 Å². The van der Waals surface area contributed by atoms with E-state index in [1.54, 1.807) is 36.9 Å². The first kappa shape index (κ1) is 77.6. The summed E-state index contributed by atoms with van der Waals surface area (Å²) in [6.45, 7) is 35.0. The summed E-state index contributed by atoms with van der Waals surface area (Å²) in [5.74, 6) is 8.38. The molecule has 0 saturated carbocycles. The molecule has 6 aromatic heterocycles. The van der Waals surface area contributed by atoms with Crippen LogP contribution in [-0.2, 0) is 21.7 Å². The Hall–Kier alpha value is -11.4. The van der Waals surface area contributed by atoms with Gasteiger partial charge in [0, 0.05) is 57.7 Å². The molecular formula is C86H96N14. The van der Waals surface area contributed by atoms with Gasteiger partial charge in [0.1, 0.15) is 52.4 Å². The molecular weight excluding hydrogens is 1230 g/mol. The van der Waals surface area contributed by atoms with Crippen LogP contribution in [0, 0.1) is 45.9 Å². The van der Waals surface area contributed by atoms with Gasteiger partial charge in [-0.05, 0) is 117 Å². The molecule has 0 amide bonds. The molecule has 6 heterocycles. The van der Waals surface area contributed by atoms with Gasteiger partial charge in [0.15, 0.2) is 5.82 Å². The van der Waals surface area contributed by atoms with Crippen molar-refractivity contribution < 1.29 is 0 Å². The van der Waals surface area contributed by atoms with E-state index in [4.69, 9.17) is 10.2 Å². The summed E-state index contributed by atoms with van der Waals surface area (Å²) < 4.78 is 2.26. The molecule has 0 N–H and O–H groups in total. The number of fused-ring (bicyclic) bond motifs is 3. The Morgan fingerprint density at radius 3 is 0.900 bits per heavy atom. The molecule has 0 radical (unpaired) electrons. The molecule has 510 valence electrons. The Bertz CT molecular complexity index is 4320. The molecule has 0 saturated heterocycles. The maximum absolute atomic E-state index is 8.29. The lowest BCUT2D eigenvalue weighted by atomic mass is 9.95. The second-order valence-electron chi connectivity index (χ2n) is 27.2. The predicted molar refractivity (Wildman–Crippen MR) is 412 cm³/mol. The van der Waals surface area contributed by atoms with Gasteiger partial charge >= 0.3 is 0 Å². The van der Waals surface area contributed by atoms with Gasteiger partial charge in [0.05, 0.1) is 22.7 Å². The zero-order chi connectivity index (χ0) is 72.6. The van der Waals surface area contributed by atoms with Gasteiger partial charge in [0.2, 0.25) is 0 Å². The fourth-order valence-electron chi connectivity index (χ4n) is 9.21. The highest BCUT2D eigenvalue weighted by molar-refractivity contribution is 5.83. The van der Waals surface area contributed by atoms with Crippen LogP contribution in [0.2, 0.25) is 0 Å². The molecule has 0 spiro atoms. The van der Waals surface area contributed by atoms with Gasteiger partial charge in [0.25, 0.3) is 0 Å². The quantitative estimate of drug-likeness (QED) is 0.159. The Morgan fingerprint density at radius 2 is 0.590 bits per heavy atom. The van der Waals surface area contributed by atoms with Crippen LogP contribution in [0.3, 0.4) is 0 Å². The van der Waals surface area contributed by atoms with Gasteiger partial charge < -0.3 is 0 Å². The SMILES string of the molecule is CC(C)(C)c1nc2ccccc2n1-c1ccccc1.Cc1nc(-c2ccccc2)nc(C(C)(C)C)n1.Cc1nc(C)nc(C(C)(C)C)n1.Cc1nc(C)nc(C(C)(C)C)n1.N#Cc1ccccc1.c1ccc2ccccc2c1.c1ccc2ccccc2c1.c1ccncc1.c1ccncc1. The van der Waals surface area contributed by atoms with E-state index in [2.05, 4.69) is 282 Å². The number of hydrogen-bond donors (Lipinski definition) is 0. The molecule has 0 fully saturated rings. The largest absolute Gasteiger partial charge is 0.296 e. The zero-order valence-electron chi connectivity index (χ0n) is 61.2. The van der Waals surface area contributed by atoms with Crippen LogP contribution >= 0.6 is 0 Å². The molecule has 0 bridgehead atoms. The van der Waals surface area contributed by atoms with Crippen LogP contribution in [0.5, 0.6) is 0 Å². The van der Waals surface area contributed by atoms with Crippen molar-refractivity contribution in [1.29, 1.82) is 5.26 Å². The number of aromatic nitrogens is 13. The van der Waals surface area contributed by atoms with Crippen molar-refractivity contribution in [3.8, 4) is 23.1 Å². The minimum absolute atomic E-state index is 0.00879. The first-order chi connectivity index (χ1) is 47.7. The monoisotopic (exact) mass is 1320 g/mol. The number of nitriles is 1. The third-order valence-electron chi connectivity index (χ3n) is 14.1. The fourth-order valence-corrected chi connectivity index (χ4v) is 9.21. The molecule has 14 nitrogen and oxygen atoms in total. The number of pyridine rings is 2. The van der Waals surface area contributed by atoms with Crippen molar-refractivity contribution in [1.82, 2.24) is 64.4 Å². The summed E-state index contributed by atoms with van der Waals surface area (Å²) in [6, 6.07) is 84.8. The molecule has 0 atom stereocenters. The van der Waals surface area contributed by atoms with Crippen LogP contribution in [-0.4, -0.2) is 64.4 Å². The third kappa shape index (κ3) is 26.9. The molecule has 0 aliphatic rings. The van der Waals surface area contributed by atoms with Crippen molar-refractivity contribution in [2.24, 2.45) is 0 Å². The van der Waals surface area contributed by atoms with Crippen molar-refractivity contribution in [3.63, 3.8) is 0 Å². The second-order valence-corrected chi connectivity index (χ2v) is 27.2. The summed E-state index contributed by atoms with van der Waals surface area (Å²) in [5.41, 5.74) is 5.11. The van der Waals surface area contributed by atoms with Crippen molar-refractivity contribution >= 4 is 32.6 Å². The third-order valence-corrected chi connectivity index (χ3v) is 14.1. The first-order valence-corrected chi connectivity index (χ1v) is 33.4. The Kier molecular flexibility index (Phi) is 29.9. The van der Waals surface area contributed by atoms with Crippen LogP contribution < -0.4 is 0 Å². The smallest absolute Gasteiger partial charge is 0.163 e. The number of aryl methyl sites for hydroxylation is 5. The Morgan fingerprint density at radius 1 is 0.290 bits per heavy atom. The fraction of sp³-hybridized carbons (Fsp3) is 0.244. The average molecular weight is 1330 g/mol. The number of para-hydroxylation sites is 3. The van der Waals surface area contributed by atoms with Gasteiger partial charge in [-0.15, -0.1) is 0 Å². The average Bonchev–Trinajstić information content (AvgIpc) is 1.61. The summed E-state index contributed by atoms with van der Waals surface area (Å²) in [7, 11) is 0. The number of benzene rings is 8. The molecule has 0 aliphatic heterocycles. The molecule has 0 unspecified atom stereocenters. The molecule has 0 aliphatic carbocycles. The van der Waals surface area contributed by atoms with Crippen LogP contribution in [0.1, 0.15) is 141 Å². The lowest BCUT2D eigenvalue weighted by molar-refractivity contribution is 0.534. The van der Waals surface area contributed by atoms with Gasteiger partial charge in [-0.3, -0.25) is 14.5 Å². The van der Waals surface area contributed by atoms with Gasteiger partial charge in [-0.25, -0.2) is 49.8 Å². The van der Waals surface area contributed by atoms with Crippen LogP contribution in [0.4, 0.5) is 0 Å². The van der Waals surface area contributed by atoms with E-state index in [0.717, 1.165) is 69.3 Å². The number of imidazole rings is 1. The summed E-state index contributed by atoms with van der Waals surface area (Å²) in [6.07, 6.45) is 7.00. The highest BCUT2D eigenvalue weighted by Crippen LogP contribution is 2.30. The second kappa shape index (κ2) is 38.5. The molecule has 14 rings (SSSR count). The van der Waals surface area contributed by atoms with Crippen molar-refractivity contribution in [3.05, 3.63) is 331 Å². The molecule has 8 aromatic carbocycles. The summed E-state index contributed by atoms with van der Waals surface area (Å²) >= 11 is 0. The van der Waals surface area contributed by atoms with Crippen LogP contribution in [0.15, 0.2) is 274 Å². The number of rotatable bonds is 2. The normalized spacial score (nSPS) is 10.6. The predicted octanol–water partition coefficient (Wildman–Crippen LogP) is 20.4. The van der Waals surface area contributed by atoms with E-state index in [1.165, 1.54) is 32.7 Å². The maximum atomic E-state index is 8.29. The number of hydrogen-bond acceptors (Lipinski definition) is 13. The van der Waals surface area contributed by atoms with E-state index in [1.807, 2.05) is 138 Å². The van der Waals surface area contributed by atoms with Gasteiger partial charge in [-0.1, -0.05) is 271 Å². The topological polar surface area (TPSA) is 183 Å². The van der Waals surface area contributed by atoms with E-state index >= 15 is 0 Å². The van der Waals surface area contributed by atoms with Crippen molar-refractivity contribution in [2.45, 2.75) is 139 Å². The lowest BCUT2D eigenvalue weighted by Gasteiger charge is -2.20. The number of nitrogens with zero attached hydrogens (tertiary/aromatic N) is 14. The highest BCUT2D eigenvalue weighted by atomic mass is 15.1. The van der Waals surface area contributed by atoms with Crippen molar-refractivity contribution in [2.75, 3.05) is 0 Å². The molecule has 14 heteroatoms. The standard InChI is InChI=1S/C17H18N2.C14H17N3.2C10H8.2C9H15N3.C7H5N.2C5H5N/c1-17(2,3)16-18-14-11-7-8-12-15(14)19(16)13-9-5-4-6-10-13;1-10-15-12(11-8-6-5-7-9-11)17-13(16-10)14(2,3)4;2*1-2-6-10-8-4-3-7-9(10)5-1;2*1-6-10-7(2)12-8(11-6)9(3,4)5;8-6-7-4-2-1-3-5-7;2*1-2-4-6-5-3-1/h4-12H,1-3H3;5-9H,1-4H3;2*1-8H;2*1-5H3;1-5H;2*1-5H.